The zero-order valence-corrected chi connectivity index (χ0v) is 16.6. The zero-order valence-electron chi connectivity index (χ0n) is 14.2. The molecular weight excluding hydrogens is 425 g/mol. The SMILES string of the molecule is CC(NS(=O)(=O)c1ccccc1C(F)(F)F)C(=O)NC(C)c1ccc(Cl)s1. The van der Waals surface area contributed by atoms with Crippen LogP contribution in [-0.4, -0.2) is 20.4 Å². The van der Waals surface area contributed by atoms with Gasteiger partial charge in [-0.3, -0.25) is 4.79 Å². The average molecular weight is 441 g/mol. The van der Waals surface area contributed by atoms with E-state index in [1.807, 2.05) is 4.72 Å². The fraction of sp³-hybridized carbons (Fsp3) is 0.312. The topological polar surface area (TPSA) is 75.3 Å². The first-order chi connectivity index (χ1) is 12.4. The van der Waals surface area contributed by atoms with E-state index in [0.29, 0.717) is 10.4 Å². The molecule has 1 amide bonds. The van der Waals surface area contributed by atoms with E-state index in [1.165, 1.54) is 24.3 Å². The molecule has 1 aromatic carbocycles. The molecule has 5 nitrogen and oxygen atoms in total. The van der Waals surface area contributed by atoms with Crippen LogP contribution in [0.1, 0.15) is 30.3 Å². The number of alkyl halides is 3. The van der Waals surface area contributed by atoms with E-state index in [1.54, 1.807) is 19.1 Å². The van der Waals surface area contributed by atoms with Gasteiger partial charge in [0.25, 0.3) is 0 Å². The van der Waals surface area contributed by atoms with Crippen molar-refractivity contribution >= 4 is 38.9 Å². The monoisotopic (exact) mass is 440 g/mol. The second-order valence-electron chi connectivity index (χ2n) is 5.71. The van der Waals surface area contributed by atoms with Crippen molar-refractivity contribution in [2.45, 2.75) is 37.0 Å². The number of sulfonamides is 1. The number of amides is 1. The van der Waals surface area contributed by atoms with Crippen molar-refractivity contribution in [3.8, 4) is 0 Å². The lowest BCUT2D eigenvalue weighted by Gasteiger charge is -2.19. The largest absolute Gasteiger partial charge is 0.417 e. The molecule has 0 aliphatic rings. The third-order valence-corrected chi connectivity index (χ3v) is 6.60. The molecular formula is C16H16ClF3N2O3S2. The Bertz CT molecular complexity index is 929. The van der Waals surface area contributed by atoms with E-state index in [4.69, 9.17) is 11.6 Å². The number of thiophene rings is 1. The highest BCUT2D eigenvalue weighted by Gasteiger charge is 2.37. The normalized spacial score (nSPS) is 14.6. The minimum atomic E-state index is -4.84. The molecule has 0 spiro atoms. The van der Waals surface area contributed by atoms with Crippen LogP contribution in [0.25, 0.3) is 0 Å². The molecule has 1 heterocycles. The fourth-order valence-electron chi connectivity index (χ4n) is 2.26. The van der Waals surface area contributed by atoms with Gasteiger partial charge in [-0.2, -0.15) is 17.9 Å². The van der Waals surface area contributed by atoms with Crippen molar-refractivity contribution in [1.82, 2.24) is 10.0 Å². The number of halogens is 4. The second kappa shape index (κ2) is 8.17. The minimum absolute atomic E-state index is 0.440. The molecule has 2 rings (SSSR count). The first-order valence-corrected chi connectivity index (χ1v) is 10.3. The van der Waals surface area contributed by atoms with Crippen LogP contribution >= 0.6 is 22.9 Å². The summed E-state index contributed by atoms with van der Waals surface area (Å²) in [7, 11) is -4.56. The van der Waals surface area contributed by atoms with Crippen LogP contribution in [-0.2, 0) is 21.0 Å². The number of benzene rings is 1. The molecule has 27 heavy (non-hydrogen) atoms. The standard InChI is InChI=1S/C16H16ClF3N2O3S2/c1-9(12-7-8-14(17)26-12)21-15(23)10(2)22-27(24,25)13-6-4-3-5-11(13)16(18,19)20/h3-10,22H,1-2H3,(H,21,23). The van der Waals surface area contributed by atoms with Gasteiger partial charge in [0, 0.05) is 4.88 Å². The van der Waals surface area contributed by atoms with Crippen LogP contribution in [0.3, 0.4) is 0 Å². The van der Waals surface area contributed by atoms with E-state index >= 15 is 0 Å². The summed E-state index contributed by atoms with van der Waals surface area (Å²) >= 11 is 7.08. The molecule has 0 aliphatic heterocycles. The lowest BCUT2D eigenvalue weighted by molar-refractivity contribution is -0.139. The summed E-state index contributed by atoms with van der Waals surface area (Å²) in [6, 6.07) is 5.42. The number of carbonyl (C=O) groups is 1. The van der Waals surface area contributed by atoms with Crippen LogP contribution in [0.4, 0.5) is 13.2 Å². The van der Waals surface area contributed by atoms with Gasteiger partial charge in [0.1, 0.15) is 0 Å². The lowest BCUT2D eigenvalue weighted by Crippen LogP contribution is -2.45. The van der Waals surface area contributed by atoms with E-state index < -0.39 is 44.6 Å². The smallest absolute Gasteiger partial charge is 0.347 e. The predicted octanol–water partition coefficient (Wildman–Crippen LogP) is 3.96. The highest BCUT2D eigenvalue weighted by Crippen LogP contribution is 2.34. The number of hydrogen-bond acceptors (Lipinski definition) is 4. The van der Waals surface area contributed by atoms with Gasteiger partial charge < -0.3 is 5.32 Å². The van der Waals surface area contributed by atoms with Gasteiger partial charge >= 0.3 is 6.18 Å². The molecule has 2 unspecified atom stereocenters. The molecule has 0 aliphatic carbocycles. The average Bonchev–Trinajstić information content (AvgIpc) is 3.00. The summed E-state index contributed by atoms with van der Waals surface area (Å²) in [5, 5.41) is 2.59. The summed E-state index contributed by atoms with van der Waals surface area (Å²) < 4.78 is 66.4. The quantitative estimate of drug-likeness (QED) is 0.713. The molecule has 2 aromatic rings. The summed E-state index contributed by atoms with van der Waals surface area (Å²) in [6.45, 7) is 2.93. The van der Waals surface area contributed by atoms with Gasteiger partial charge in [0.15, 0.2) is 0 Å². The van der Waals surface area contributed by atoms with Crippen molar-refractivity contribution in [1.29, 1.82) is 0 Å². The van der Waals surface area contributed by atoms with Gasteiger partial charge in [-0.05, 0) is 38.1 Å². The molecule has 0 saturated heterocycles. The molecule has 2 atom stereocenters. The molecule has 0 radical (unpaired) electrons. The summed E-state index contributed by atoms with van der Waals surface area (Å²) in [6.07, 6.45) is -4.84. The van der Waals surface area contributed by atoms with Gasteiger partial charge in [-0.25, -0.2) is 8.42 Å². The Morgan fingerprint density at radius 1 is 1.15 bits per heavy atom. The Balaban J connectivity index is 2.14. The van der Waals surface area contributed by atoms with E-state index in [0.717, 1.165) is 17.0 Å². The Kier molecular flexibility index (Phi) is 6.56. The Morgan fingerprint density at radius 2 is 1.78 bits per heavy atom. The van der Waals surface area contributed by atoms with Crippen molar-refractivity contribution in [2.75, 3.05) is 0 Å². The maximum Gasteiger partial charge on any atom is 0.417 e. The number of nitrogens with one attached hydrogen (secondary N) is 2. The lowest BCUT2D eigenvalue weighted by atomic mass is 10.2. The maximum atomic E-state index is 13.1. The second-order valence-corrected chi connectivity index (χ2v) is 9.14. The minimum Gasteiger partial charge on any atom is -0.347 e. The predicted molar refractivity (Wildman–Crippen MR) is 97.1 cm³/mol. The van der Waals surface area contributed by atoms with E-state index in [-0.39, 0.29) is 0 Å². The van der Waals surface area contributed by atoms with Crippen LogP contribution in [0.5, 0.6) is 0 Å². The molecule has 0 bridgehead atoms. The van der Waals surface area contributed by atoms with Crippen LogP contribution in [0.15, 0.2) is 41.3 Å². The summed E-state index contributed by atoms with van der Waals surface area (Å²) in [4.78, 5) is 12.1. The van der Waals surface area contributed by atoms with Crippen molar-refractivity contribution in [2.24, 2.45) is 0 Å². The Morgan fingerprint density at radius 3 is 2.33 bits per heavy atom. The van der Waals surface area contributed by atoms with Crippen molar-refractivity contribution in [3.63, 3.8) is 0 Å². The third-order valence-electron chi connectivity index (χ3n) is 3.59. The Hall–Kier alpha value is -1.62. The fourth-order valence-corrected chi connectivity index (χ4v) is 4.75. The van der Waals surface area contributed by atoms with Gasteiger partial charge in [-0.1, -0.05) is 23.7 Å². The van der Waals surface area contributed by atoms with Crippen LogP contribution in [0.2, 0.25) is 4.34 Å². The van der Waals surface area contributed by atoms with Gasteiger partial charge in [-0.15, -0.1) is 11.3 Å². The molecule has 0 fully saturated rings. The van der Waals surface area contributed by atoms with E-state index in [9.17, 15) is 26.4 Å². The van der Waals surface area contributed by atoms with Crippen LogP contribution in [0, 0.1) is 0 Å². The zero-order chi connectivity index (χ0) is 20.4. The first-order valence-electron chi connectivity index (χ1n) is 7.66. The third kappa shape index (κ3) is 5.44. The molecule has 11 heteroatoms. The van der Waals surface area contributed by atoms with Gasteiger partial charge in [0.05, 0.1) is 26.9 Å². The molecule has 2 N–H and O–H groups in total. The summed E-state index contributed by atoms with van der Waals surface area (Å²) in [5.41, 5.74) is -1.30. The molecule has 0 saturated carbocycles. The van der Waals surface area contributed by atoms with Crippen molar-refractivity contribution in [3.05, 3.63) is 51.2 Å². The van der Waals surface area contributed by atoms with E-state index in [2.05, 4.69) is 5.32 Å². The summed E-state index contributed by atoms with van der Waals surface area (Å²) in [5.74, 6) is -0.680. The molecule has 148 valence electrons. The molecule has 1 aromatic heterocycles. The van der Waals surface area contributed by atoms with Crippen molar-refractivity contribution < 1.29 is 26.4 Å². The maximum absolute atomic E-state index is 13.1. The van der Waals surface area contributed by atoms with Crippen LogP contribution < -0.4 is 10.0 Å². The highest BCUT2D eigenvalue weighted by molar-refractivity contribution is 7.89. The number of carbonyl (C=O) groups excluding carboxylic acids is 1. The Labute approximate surface area is 163 Å². The number of hydrogen-bond donors (Lipinski definition) is 2. The van der Waals surface area contributed by atoms with Gasteiger partial charge in [0.2, 0.25) is 15.9 Å². The highest BCUT2D eigenvalue weighted by atomic mass is 35.5. The number of rotatable bonds is 6. The first kappa shape index (κ1) is 21.7.